The molecule has 0 spiro atoms. The molecule has 1 aliphatic rings. The van der Waals surface area contributed by atoms with Crippen LogP contribution in [-0.4, -0.2) is 22.4 Å². The number of unbranched alkanes of at least 4 members (excludes halogenated alkanes) is 4. The fourth-order valence-corrected chi connectivity index (χ4v) is 3.25. The summed E-state index contributed by atoms with van der Waals surface area (Å²) in [6.07, 6.45) is 18.3. The summed E-state index contributed by atoms with van der Waals surface area (Å²) in [5.41, 5.74) is 1.45. The number of rotatable bonds is 13. The van der Waals surface area contributed by atoms with E-state index in [1.54, 1.807) is 0 Å². The van der Waals surface area contributed by atoms with Crippen LogP contribution in [0.3, 0.4) is 0 Å². The van der Waals surface area contributed by atoms with Gasteiger partial charge in [0.2, 0.25) is 0 Å². The van der Waals surface area contributed by atoms with E-state index in [-0.39, 0.29) is 6.42 Å². The normalized spacial score (nSPS) is 18.8. The van der Waals surface area contributed by atoms with E-state index in [1.165, 1.54) is 44.1 Å². The number of hydrogen-bond donors (Lipinski definition) is 2. The van der Waals surface area contributed by atoms with E-state index in [1.807, 2.05) is 0 Å². The van der Waals surface area contributed by atoms with Crippen LogP contribution in [0.2, 0.25) is 0 Å². The highest BCUT2D eigenvalue weighted by atomic mass is 17.1. The van der Waals surface area contributed by atoms with Gasteiger partial charge in [-0.3, -0.25) is 0 Å². The molecule has 138 valence electrons. The molecule has 2 atom stereocenters. The minimum atomic E-state index is -0.634. The summed E-state index contributed by atoms with van der Waals surface area (Å²) in [5, 5.41) is 18.2. The van der Waals surface area contributed by atoms with Crippen LogP contribution in [0.15, 0.2) is 23.8 Å². The van der Waals surface area contributed by atoms with Gasteiger partial charge in [0.1, 0.15) is 0 Å². The summed E-state index contributed by atoms with van der Waals surface area (Å²) in [6, 6.07) is 0. The van der Waals surface area contributed by atoms with Crippen molar-refractivity contribution < 1.29 is 20.0 Å². The largest absolute Gasteiger partial charge is 0.393 e. The smallest absolute Gasteiger partial charge is 0.342 e. The molecule has 0 aromatic carbocycles. The van der Waals surface area contributed by atoms with E-state index in [2.05, 4.69) is 30.0 Å². The summed E-state index contributed by atoms with van der Waals surface area (Å²) in [7, 11) is 0. The molecule has 2 N–H and O–H groups in total. The van der Waals surface area contributed by atoms with E-state index in [9.17, 15) is 9.90 Å². The standard InChI is InChI=1S/C20H34O4/c1-2-3-4-5-6-7-10-17-11-8-12-18(17)15-16-19(21)13-9-14-20(22)24-23/h7,10,12,17,19,21,23H,2-6,8-9,11,13-16H2,1H3/b10-7+/t17-,19?/m0/s1. The van der Waals surface area contributed by atoms with Gasteiger partial charge in [0.05, 0.1) is 6.10 Å². The first-order valence-electron chi connectivity index (χ1n) is 9.55. The van der Waals surface area contributed by atoms with Crippen molar-refractivity contribution in [1.82, 2.24) is 0 Å². The number of hydrogen-bond acceptors (Lipinski definition) is 4. The van der Waals surface area contributed by atoms with Crippen LogP contribution < -0.4 is 0 Å². The molecule has 0 amide bonds. The Morgan fingerprint density at radius 2 is 2.17 bits per heavy atom. The first kappa shape index (κ1) is 20.9. The average molecular weight is 338 g/mol. The molecular formula is C20H34O4. The Bertz CT molecular complexity index is 400. The van der Waals surface area contributed by atoms with Gasteiger partial charge in [-0.2, -0.15) is 5.26 Å². The van der Waals surface area contributed by atoms with Gasteiger partial charge in [-0.15, -0.1) is 0 Å². The van der Waals surface area contributed by atoms with Crippen LogP contribution >= 0.6 is 0 Å². The first-order chi connectivity index (χ1) is 11.7. The van der Waals surface area contributed by atoms with Gasteiger partial charge in [-0.05, 0) is 57.3 Å². The maximum atomic E-state index is 10.8. The molecular weight excluding hydrogens is 304 g/mol. The van der Waals surface area contributed by atoms with Gasteiger partial charge in [0, 0.05) is 6.42 Å². The Morgan fingerprint density at radius 3 is 2.92 bits per heavy atom. The molecule has 1 unspecified atom stereocenters. The molecule has 0 aliphatic heterocycles. The van der Waals surface area contributed by atoms with Gasteiger partial charge < -0.3 is 9.99 Å². The van der Waals surface area contributed by atoms with Crippen LogP contribution in [-0.2, 0) is 9.68 Å². The zero-order valence-electron chi connectivity index (χ0n) is 15.1. The van der Waals surface area contributed by atoms with E-state index in [4.69, 9.17) is 5.26 Å². The van der Waals surface area contributed by atoms with Crippen molar-refractivity contribution >= 4 is 5.97 Å². The zero-order chi connectivity index (χ0) is 17.6. The topological polar surface area (TPSA) is 66.8 Å². The van der Waals surface area contributed by atoms with Crippen LogP contribution in [0.5, 0.6) is 0 Å². The van der Waals surface area contributed by atoms with Crippen molar-refractivity contribution in [2.75, 3.05) is 0 Å². The lowest BCUT2D eigenvalue weighted by molar-refractivity contribution is -0.234. The molecule has 0 heterocycles. The van der Waals surface area contributed by atoms with Crippen molar-refractivity contribution in [1.29, 1.82) is 0 Å². The predicted molar refractivity (Wildman–Crippen MR) is 96.5 cm³/mol. The molecule has 0 aromatic heterocycles. The highest BCUT2D eigenvalue weighted by molar-refractivity contribution is 5.68. The maximum Gasteiger partial charge on any atom is 0.342 e. The summed E-state index contributed by atoms with van der Waals surface area (Å²) in [5.74, 6) is -0.0856. The van der Waals surface area contributed by atoms with E-state index in [0.29, 0.717) is 18.8 Å². The lowest BCUT2D eigenvalue weighted by atomic mass is 9.94. The van der Waals surface area contributed by atoms with Crippen molar-refractivity contribution in [3.05, 3.63) is 23.8 Å². The number of carbonyl (C=O) groups is 1. The number of aliphatic hydroxyl groups excluding tert-OH is 1. The molecule has 0 saturated carbocycles. The fraction of sp³-hybridized carbons (Fsp3) is 0.750. The highest BCUT2D eigenvalue weighted by Crippen LogP contribution is 2.31. The molecule has 4 nitrogen and oxygen atoms in total. The van der Waals surface area contributed by atoms with Crippen LogP contribution in [0, 0.1) is 5.92 Å². The van der Waals surface area contributed by atoms with Crippen molar-refractivity contribution in [3.63, 3.8) is 0 Å². The Hall–Kier alpha value is -1.13. The molecule has 0 aromatic rings. The molecule has 4 heteroatoms. The number of aliphatic hydroxyl groups is 1. The van der Waals surface area contributed by atoms with Gasteiger partial charge in [0.25, 0.3) is 0 Å². The molecule has 1 aliphatic carbocycles. The van der Waals surface area contributed by atoms with Crippen molar-refractivity contribution in [3.8, 4) is 0 Å². The summed E-state index contributed by atoms with van der Waals surface area (Å²) in [4.78, 5) is 14.4. The Balaban J connectivity index is 2.18. The van der Waals surface area contributed by atoms with Crippen molar-refractivity contribution in [2.24, 2.45) is 5.92 Å². The Labute approximate surface area is 146 Å². The zero-order valence-corrected chi connectivity index (χ0v) is 15.1. The van der Waals surface area contributed by atoms with Crippen LogP contribution in [0.1, 0.15) is 84.0 Å². The highest BCUT2D eigenvalue weighted by Gasteiger charge is 2.17. The summed E-state index contributed by atoms with van der Waals surface area (Å²) < 4.78 is 0. The third-order valence-electron chi connectivity index (χ3n) is 4.74. The van der Waals surface area contributed by atoms with Crippen molar-refractivity contribution in [2.45, 2.75) is 90.1 Å². The third kappa shape index (κ3) is 9.24. The molecule has 0 fully saturated rings. The first-order valence-corrected chi connectivity index (χ1v) is 9.55. The molecule has 1 rings (SSSR count). The van der Waals surface area contributed by atoms with Gasteiger partial charge in [0.15, 0.2) is 0 Å². The van der Waals surface area contributed by atoms with Crippen LogP contribution in [0.25, 0.3) is 0 Å². The van der Waals surface area contributed by atoms with E-state index >= 15 is 0 Å². The minimum absolute atomic E-state index is 0.152. The van der Waals surface area contributed by atoms with E-state index in [0.717, 1.165) is 19.3 Å². The molecule has 0 saturated heterocycles. The minimum Gasteiger partial charge on any atom is -0.393 e. The van der Waals surface area contributed by atoms with E-state index < -0.39 is 12.1 Å². The average Bonchev–Trinajstić information content (AvgIpc) is 3.03. The lowest BCUT2D eigenvalue weighted by Crippen LogP contribution is -2.09. The predicted octanol–water partition coefficient (Wildman–Crippen LogP) is 5.18. The molecule has 0 bridgehead atoms. The quantitative estimate of drug-likeness (QED) is 0.210. The number of carbonyl (C=O) groups excluding carboxylic acids is 1. The molecule has 24 heavy (non-hydrogen) atoms. The summed E-state index contributed by atoms with van der Waals surface area (Å²) >= 11 is 0. The Morgan fingerprint density at radius 1 is 1.33 bits per heavy atom. The van der Waals surface area contributed by atoms with Crippen LogP contribution in [0.4, 0.5) is 0 Å². The number of allylic oxidation sites excluding steroid dienone is 4. The second-order valence-electron chi connectivity index (χ2n) is 6.79. The maximum absolute atomic E-state index is 10.8. The molecule has 0 radical (unpaired) electrons. The van der Waals surface area contributed by atoms with Gasteiger partial charge >= 0.3 is 5.97 Å². The monoisotopic (exact) mass is 338 g/mol. The Kier molecular flexibility index (Phi) is 11.5. The van der Waals surface area contributed by atoms with Gasteiger partial charge in [-0.1, -0.05) is 50.0 Å². The third-order valence-corrected chi connectivity index (χ3v) is 4.74. The second-order valence-corrected chi connectivity index (χ2v) is 6.79. The lowest BCUT2D eigenvalue weighted by Gasteiger charge is -2.14. The fourth-order valence-electron chi connectivity index (χ4n) is 3.25. The second kappa shape index (κ2) is 13.2. The SMILES string of the molecule is CCCCCC/C=C/[C@H]1CCC=C1CCC(O)CCCC(=O)OO. The summed E-state index contributed by atoms with van der Waals surface area (Å²) in [6.45, 7) is 2.23. The van der Waals surface area contributed by atoms with Gasteiger partial charge in [-0.25, -0.2) is 4.79 Å².